The van der Waals surface area contributed by atoms with Crippen LogP contribution in [0.2, 0.25) is 0 Å². The SMILES string of the molecule is CCC(NCCC(O)COC)C1CCOC1. The molecular formula is C12H25NO3. The quantitative estimate of drug-likeness (QED) is 0.648. The van der Waals surface area contributed by atoms with Crippen molar-refractivity contribution in [3.8, 4) is 0 Å². The first-order valence-electron chi connectivity index (χ1n) is 6.26. The smallest absolute Gasteiger partial charge is 0.0785 e. The van der Waals surface area contributed by atoms with Gasteiger partial charge in [0.25, 0.3) is 0 Å². The van der Waals surface area contributed by atoms with E-state index in [-0.39, 0.29) is 6.10 Å². The minimum Gasteiger partial charge on any atom is -0.391 e. The molecule has 1 heterocycles. The van der Waals surface area contributed by atoms with Gasteiger partial charge in [-0.1, -0.05) is 6.92 Å². The Bertz CT molecular complexity index is 172. The zero-order chi connectivity index (χ0) is 11.8. The van der Waals surface area contributed by atoms with Gasteiger partial charge in [0.05, 0.1) is 19.3 Å². The Morgan fingerprint density at radius 2 is 2.38 bits per heavy atom. The maximum Gasteiger partial charge on any atom is 0.0785 e. The van der Waals surface area contributed by atoms with Crippen molar-refractivity contribution in [2.24, 2.45) is 5.92 Å². The van der Waals surface area contributed by atoms with Crippen LogP contribution in [0.15, 0.2) is 0 Å². The molecule has 1 rings (SSSR count). The lowest BCUT2D eigenvalue weighted by molar-refractivity contribution is 0.0584. The lowest BCUT2D eigenvalue weighted by atomic mass is 9.97. The Kier molecular flexibility index (Phi) is 6.96. The van der Waals surface area contributed by atoms with Crippen LogP contribution in [-0.2, 0) is 9.47 Å². The van der Waals surface area contributed by atoms with Gasteiger partial charge in [-0.25, -0.2) is 0 Å². The van der Waals surface area contributed by atoms with E-state index < -0.39 is 0 Å². The monoisotopic (exact) mass is 231 g/mol. The predicted molar refractivity (Wildman–Crippen MR) is 63.5 cm³/mol. The Morgan fingerprint density at radius 1 is 1.56 bits per heavy atom. The highest BCUT2D eigenvalue weighted by molar-refractivity contribution is 4.78. The average molecular weight is 231 g/mol. The summed E-state index contributed by atoms with van der Waals surface area (Å²) in [5.74, 6) is 0.643. The first-order chi connectivity index (χ1) is 7.77. The van der Waals surface area contributed by atoms with Crippen molar-refractivity contribution in [1.82, 2.24) is 5.32 Å². The largest absolute Gasteiger partial charge is 0.391 e. The molecule has 3 unspecified atom stereocenters. The Labute approximate surface area is 98.3 Å². The topological polar surface area (TPSA) is 50.7 Å². The third kappa shape index (κ3) is 4.78. The molecule has 0 bridgehead atoms. The molecule has 96 valence electrons. The Hall–Kier alpha value is -0.160. The molecule has 0 radical (unpaired) electrons. The molecule has 4 nitrogen and oxygen atoms in total. The minimum atomic E-state index is -0.352. The van der Waals surface area contributed by atoms with Crippen LogP contribution in [0.3, 0.4) is 0 Å². The molecule has 1 saturated heterocycles. The van der Waals surface area contributed by atoms with Crippen molar-refractivity contribution in [2.45, 2.75) is 38.3 Å². The molecule has 16 heavy (non-hydrogen) atoms. The van der Waals surface area contributed by atoms with Crippen LogP contribution in [-0.4, -0.2) is 50.7 Å². The first-order valence-corrected chi connectivity index (χ1v) is 6.26. The van der Waals surface area contributed by atoms with E-state index in [0.29, 0.717) is 18.6 Å². The van der Waals surface area contributed by atoms with E-state index in [1.165, 1.54) is 0 Å². The van der Waals surface area contributed by atoms with Crippen LogP contribution in [0.5, 0.6) is 0 Å². The molecule has 1 aliphatic rings. The summed E-state index contributed by atoms with van der Waals surface area (Å²) in [7, 11) is 1.61. The highest BCUT2D eigenvalue weighted by Gasteiger charge is 2.23. The molecule has 0 amide bonds. The van der Waals surface area contributed by atoms with Crippen molar-refractivity contribution in [3.63, 3.8) is 0 Å². The maximum atomic E-state index is 9.51. The lowest BCUT2D eigenvalue weighted by Crippen LogP contribution is -2.38. The number of hydrogen-bond donors (Lipinski definition) is 2. The highest BCUT2D eigenvalue weighted by Crippen LogP contribution is 2.18. The minimum absolute atomic E-state index is 0.352. The van der Waals surface area contributed by atoms with Crippen molar-refractivity contribution in [1.29, 1.82) is 0 Å². The first kappa shape index (κ1) is 13.9. The summed E-state index contributed by atoms with van der Waals surface area (Å²) in [6.07, 6.45) is 2.67. The second kappa shape index (κ2) is 8.01. The summed E-state index contributed by atoms with van der Waals surface area (Å²) in [6.45, 7) is 5.24. The predicted octanol–water partition coefficient (Wildman–Crippen LogP) is 0.788. The molecule has 0 aliphatic carbocycles. The fourth-order valence-corrected chi connectivity index (χ4v) is 2.23. The number of methoxy groups -OCH3 is 1. The zero-order valence-corrected chi connectivity index (χ0v) is 10.4. The fourth-order valence-electron chi connectivity index (χ4n) is 2.23. The van der Waals surface area contributed by atoms with Crippen LogP contribution in [0.25, 0.3) is 0 Å². The van der Waals surface area contributed by atoms with E-state index in [0.717, 1.165) is 39.0 Å². The van der Waals surface area contributed by atoms with Crippen molar-refractivity contribution in [3.05, 3.63) is 0 Å². The van der Waals surface area contributed by atoms with Crippen LogP contribution >= 0.6 is 0 Å². The number of rotatable bonds is 8. The normalized spacial score (nSPS) is 24.6. The second-order valence-electron chi connectivity index (χ2n) is 4.49. The summed E-state index contributed by atoms with van der Waals surface area (Å²) >= 11 is 0. The molecule has 0 spiro atoms. The molecule has 0 aromatic carbocycles. The molecular weight excluding hydrogens is 206 g/mol. The lowest BCUT2D eigenvalue weighted by Gasteiger charge is -2.23. The summed E-state index contributed by atoms with van der Waals surface area (Å²) in [5, 5.41) is 13.0. The van der Waals surface area contributed by atoms with E-state index in [9.17, 15) is 5.11 Å². The van der Waals surface area contributed by atoms with E-state index in [1.807, 2.05) is 0 Å². The van der Waals surface area contributed by atoms with Crippen molar-refractivity contribution < 1.29 is 14.6 Å². The van der Waals surface area contributed by atoms with Gasteiger partial charge < -0.3 is 19.9 Å². The summed E-state index contributed by atoms with van der Waals surface area (Å²) in [5.41, 5.74) is 0. The highest BCUT2D eigenvalue weighted by atomic mass is 16.5. The second-order valence-corrected chi connectivity index (χ2v) is 4.49. The number of nitrogens with one attached hydrogen (secondary N) is 1. The van der Waals surface area contributed by atoms with Crippen LogP contribution < -0.4 is 5.32 Å². The molecule has 3 atom stereocenters. The molecule has 0 aromatic rings. The number of hydrogen-bond acceptors (Lipinski definition) is 4. The van der Waals surface area contributed by atoms with Gasteiger partial charge in [0.2, 0.25) is 0 Å². The van der Waals surface area contributed by atoms with E-state index in [1.54, 1.807) is 7.11 Å². The molecule has 2 N–H and O–H groups in total. The number of aliphatic hydroxyl groups is 1. The van der Waals surface area contributed by atoms with Gasteiger partial charge in [-0.2, -0.15) is 0 Å². The van der Waals surface area contributed by atoms with Gasteiger partial charge in [-0.3, -0.25) is 0 Å². The Morgan fingerprint density at radius 3 is 2.94 bits per heavy atom. The van der Waals surface area contributed by atoms with E-state index in [4.69, 9.17) is 9.47 Å². The van der Waals surface area contributed by atoms with Crippen LogP contribution in [0.1, 0.15) is 26.2 Å². The van der Waals surface area contributed by atoms with Gasteiger partial charge in [0.1, 0.15) is 0 Å². The van der Waals surface area contributed by atoms with Crippen molar-refractivity contribution >= 4 is 0 Å². The van der Waals surface area contributed by atoms with Gasteiger partial charge in [0, 0.05) is 19.8 Å². The van der Waals surface area contributed by atoms with Crippen molar-refractivity contribution in [2.75, 3.05) is 33.5 Å². The van der Waals surface area contributed by atoms with E-state index in [2.05, 4.69) is 12.2 Å². The van der Waals surface area contributed by atoms with Gasteiger partial charge in [-0.15, -0.1) is 0 Å². The molecule has 0 aromatic heterocycles. The molecule has 1 fully saturated rings. The summed E-state index contributed by atoms with van der Waals surface area (Å²) in [6, 6.07) is 0.525. The van der Waals surface area contributed by atoms with E-state index >= 15 is 0 Å². The van der Waals surface area contributed by atoms with Gasteiger partial charge in [-0.05, 0) is 31.7 Å². The van der Waals surface area contributed by atoms with Gasteiger partial charge in [0.15, 0.2) is 0 Å². The third-order valence-corrected chi connectivity index (χ3v) is 3.22. The summed E-state index contributed by atoms with van der Waals surface area (Å²) < 4.78 is 10.3. The maximum absolute atomic E-state index is 9.51. The van der Waals surface area contributed by atoms with Crippen LogP contribution in [0, 0.1) is 5.92 Å². The Balaban J connectivity index is 2.13. The molecule has 0 saturated carbocycles. The average Bonchev–Trinajstić information content (AvgIpc) is 2.78. The van der Waals surface area contributed by atoms with Gasteiger partial charge >= 0.3 is 0 Å². The number of aliphatic hydroxyl groups excluding tert-OH is 1. The standard InChI is InChI=1S/C12H25NO3/c1-3-12(10-5-7-16-8-10)13-6-4-11(14)9-15-2/h10-14H,3-9H2,1-2H3. The number of ether oxygens (including phenoxy) is 2. The zero-order valence-electron chi connectivity index (χ0n) is 10.4. The third-order valence-electron chi connectivity index (χ3n) is 3.22. The fraction of sp³-hybridized carbons (Fsp3) is 1.00. The molecule has 1 aliphatic heterocycles. The summed E-state index contributed by atoms with van der Waals surface area (Å²) in [4.78, 5) is 0. The molecule has 4 heteroatoms. The van der Waals surface area contributed by atoms with Crippen LogP contribution in [0.4, 0.5) is 0 Å².